The highest BCUT2D eigenvalue weighted by Gasteiger charge is 2.19. The van der Waals surface area contributed by atoms with Crippen LogP contribution in [0.3, 0.4) is 0 Å². The SMILES string of the molecule is Cc1nn(Cc2ccc(Cl)cc2)c(C)c1CN1CCN[C@H](C)C1. The van der Waals surface area contributed by atoms with Crippen LogP contribution in [0.5, 0.6) is 0 Å². The van der Waals surface area contributed by atoms with Gasteiger partial charge in [-0.2, -0.15) is 5.10 Å². The van der Waals surface area contributed by atoms with Crippen LogP contribution < -0.4 is 5.32 Å². The standard InChI is InChI=1S/C18H25ClN4/c1-13-10-22(9-8-20-13)12-18-14(2)21-23(15(18)3)11-16-4-6-17(19)7-5-16/h4-7,13,20H,8-12H2,1-3H3/t13-/m1/s1. The quantitative estimate of drug-likeness (QED) is 0.934. The lowest BCUT2D eigenvalue weighted by molar-refractivity contribution is 0.199. The molecule has 0 bridgehead atoms. The minimum absolute atomic E-state index is 0.563. The van der Waals surface area contributed by atoms with E-state index in [9.17, 15) is 0 Å². The van der Waals surface area contributed by atoms with Crippen LogP contribution in [-0.4, -0.2) is 40.4 Å². The van der Waals surface area contributed by atoms with Crippen LogP contribution in [0.15, 0.2) is 24.3 Å². The zero-order chi connectivity index (χ0) is 16.4. The molecule has 2 heterocycles. The summed E-state index contributed by atoms with van der Waals surface area (Å²) in [6.45, 7) is 11.6. The van der Waals surface area contributed by atoms with Crippen molar-refractivity contribution in [3.8, 4) is 0 Å². The lowest BCUT2D eigenvalue weighted by Crippen LogP contribution is -2.48. The van der Waals surface area contributed by atoms with Gasteiger partial charge in [-0.15, -0.1) is 0 Å². The van der Waals surface area contributed by atoms with E-state index in [0.717, 1.165) is 43.4 Å². The van der Waals surface area contributed by atoms with Gasteiger partial charge in [-0.25, -0.2) is 0 Å². The highest BCUT2D eigenvalue weighted by atomic mass is 35.5. The highest BCUT2D eigenvalue weighted by Crippen LogP contribution is 2.18. The lowest BCUT2D eigenvalue weighted by Gasteiger charge is -2.31. The average molecular weight is 333 g/mol. The van der Waals surface area contributed by atoms with E-state index in [4.69, 9.17) is 16.7 Å². The number of nitrogens with zero attached hydrogens (tertiary/aromatic N) is 3. The summed E-state index contributed by atoms with van der Waals surface area (Å²) in [5.74, 6) is 0. The van der Waals surface area contributed by atoms with Crippen molar-refractivity contribution in [2.75, 3.05) is 19.6 Å². The highest BCUT2D eigenvalue weighted by molar-refractivity contribution is 6.30. The first-order valence-corrected chi connectivity index (χ1v) is 8.64. The number of aryl methyl sites for hydroxylation is 1. The van der Waals surface area contributed by atoms with Crippen LogP contribution in [0.1, 0.15) is 29.4 Å². The molecular formula is C18H25ClN4. The predicted octanol–water partition coefficient (Wildman–Crippen LogP) is 3.00. The summed E-state index contributed by atoms with van der Waals surface area (Å²) >= 11 is 5.96. The van der Waals surface area contributed by atoms with Gasteiger partial charge < -0.3 is 5.32 Å². The van der Waals surface area contributed by atoms with Gasteiger partial charge in [0.15, 0.2) is 0 Å². The second kappa shape index (κ2) is 7.04. The van der Waals surface area contributed by atoms with Crippen molar-refractivity contribution in [3.63, 3.8) is 0 Å². The first kappa shape index (κ1) is 16.5. The van der Waals surface area contributed by atoms with Crippen molar-refractivity contribution >= 4 is 11.6 Å². The van der Waals surface area contributed by atoms with Gasteiger partial charge >= 0.3 is 0 Å². The fraction of sp³-hybridized carbons (Fsp3) is 0.500. The normalized spacial score (nSPS) is 19.2. The molecule has 1 N–H and O–H groups in total. The van der Waals surface area contributed by atoms with Gasteiger partial charge in [0.05, 0.1) is 12.2 Å². The van der Waals surface area contributed by atoms with Crippen LogP contribution in [0.4, 0.5) is 0 Å². The molecule has 2 aromatic rings. The number of aromatic nitrogens is 2. The van der Waals surface area contributed by atoms with E-state index in [0.29, 0.717) is 6.04 Å². The van der Waals surface area contributed by atoms with Crippen LogP contribution >= 0.6 is 11.6 Å². The largest absolute Gasteiger partial charge is 0.312 e. The van der Waals surface area contributed by atoms with E-state index < -0.39 is 0 Å². The molecule has 1 saturated heterocycles. The van der Waals surface area contributed by atoms with Crippen molar-refractivity contribution in [3.05, 3.63) is 51.8 Å². The summed E-state index contributed by atoms with van der Waals surface area (Å²) in [4.78, 5) is 2.52. The Hall–Kier alpha value is -1.36. The van der Waals surface area contributed by atoms with E-state index in [1.54, 1.807) is 0 Å². The van der Waals surface area contributed by atoms with Gasteiger partial charge in [0.25, 0.3) is 0 Å². The summed E-state index contributed by atoms with van der Waals surface area (Å²) in [7, 11) is 0. The number of rotatable bonds is 4. The molecule has 1 aliphatic heterocycles. The Labute approximate surface area is 143 Å². The van der Waals surface area contributed by atoms with Crippen LogP contribution in [0, 0.1) is 13.8 Å². The maximum Gasteiger partial charge on any atom is 0.0662 e. The first-order chi connectivity index (χ1) is 11.0. The van der Waals surface area contributed by atoms with E-state index >= 15 is 0 Å². The molecule has 1 aromatic carbocycles. The maximum atomic E-state index is 5.96. The third kappa shape index (κ3) is 3.94. The predicted molar refractivity (Wildman–Crippen MR) is 95.0 cm³/mol. The molecule has 3 rings (SSSR count). The zero-order valence-corrected chi connectivity index (χ0v) is 14.9. The molecule has 0 radical (unpaired) electrons. The molecule has 0 aliphatic carbocycles. The van der Waals surface area contributed by atoms with E-state index in [2.05, 4.69) is 47.8 Å². The number of halogens is 1. The minimum Gasteiger partial charge on any atom is -0.312 e. The lowest BCUT2D eigenvalue weighted by atomic mass is 10.1. The smallest absolute Gasteiger partial charge is 0.0662 e. The second-order valence-corrected chi connectivity index (χ2v) is 6.96. The van der Waals surface area contributed by atoms with Crippen molar-refractivity contribution in [1.29, 1.82) is 0 Å². The molecule has 0 unspecified atom stereocenters. The van der Waals surface area contributed by atoms with Crippen LogP contribution in [0.2, 0.25) is 5.02 Å². The Balaban J connectivity index is 1.75. The first-order valence-electron chi connectivity index (χ1n) is 8.26. The van der Waals surface area contributed by atoms with Gasteiger partial charge in [-0.05, 0) is 38.5 Å². The third-order valence-corrected chi connectivity index (χ3v) is 4.86. The molecule has 0 amide bonds. The molecule has 1 fully saturated rings. The molecule has 23 heavy (non-hydrogen) atoms. The van der Waals surface area contributed by atoms with Gasteiger partial charge in [-0.1, -0.05) is 23.7 Å². The Morgan fingerprint density at radius 2 is 1.96 bits per heavy atom. The number of hydrogen-bond donors (Lipinski definition) is 1. The average Bonchev–Trinajstić information content (AvgIpc) is 2.77. The van der Waals surface area contributed by atoms with E-state index in [-0.39, 0.29) is 0 Å². The molecule has 0 spiro atoms. The van der Waals surface area contributed by atoms with Gasteiger partial charge in [0, 0.05) is 48.5 Å². The number of hydrogen-bond acceptors (Lipinski definition) is 3. The van der Waals surface area contributed by atoms with Gasteiger partial charge in [0.2, 0.25) is 0 Å². The van der Waals surface area contributed by atoms with Crippen LogP contribution in [0.25, 0.3) is 0 Å². The van der Waals surface area contributed by atoms with E-state index in [1.807, 2.05) is 12.1 Å². The second-order valence-electron chi connectivity index (χ2n) is 6.52. The Morgan fingerprint density at radius 1 is 1.22 bits per heavy atom. The molecular weight excluding hydrogens is 308 g/mol. The Bertz CT molecular complexity index is 662. The number of nitrogens with one attached hydrogen (secondary N) is 1. The fourth-order valence-corrected chi connectivity index (χ4v) is 3.38. The van der Waals surface area contributed by atoms with Crippen molar-refractivity contribution in [2.45, 2.75) is 39.9 Å². The molecule has 0 saturated carbocycles. The zero-order valence-electron chi connectivity index (χ0n) is 14.1. The van der Waals surface area contributed by atoms with Crippen molar-refractivity contribution < 1.29 is 0 Å². The Morgan fingerprint density at radius 3 is 2.65 bits per heavy atom. The van der Waals surface area contributed by atoms with Gasteiger partial charge in [0.1, 0.15) is 0 Å². The third-order valence-electron chi connectivity index (χ3n) is 4.61. The molecule has 1 aromatic heterocycles. The monoisotopic (exact) mass is 332 g/mol. The minimum atomic E-state index is 0.563. The number of piperazine rings is 1. The summed E-state index contributed by atoms with van der Waals surface area (Å²) in [5, 5.41) is 9.02. The summed E-state index contributed by atoms with van der Waals surface area (Å²) in [5.41, 5.74) is 5.00. The fourth-order valence-electron chi connectivity index (χ4n) is 3.26. The summed E-state index contributed by atoms with van der Waals surface area (Å²) in [6, 6.07) is 8.57. The Kier molecular flexibility index (Phi) is 5.05. The van der Waals surface area contributed by atoms with E-state index in [1.165, 1.54) is 16.8 Å². The van der Waals surface area contributed by atoms with Crippen LogP contribution in [-0.2, 0) is 13.1 Å². The molecule has 4 nitrogen and oxygen atoms in total. The summed E-state index contributed by atoms with van der Waals surface area (Å²) < 4.78 is 2.11. The number of benzene rings is 1. The molecule has 124 valence electrons. The van der Waals surface area contributed by atoms with Gasteiger partial charge in [-0.3, -0.25) is 9.58 Å². The molecule has 1 aliphatic rings. The maximum absolute atomic E-state index is 5.96. The summed E-state index contributed by atoms with van der Waals surface area (Å²) in [6.07, 6.45) is 0. The molecule has 5 heteroatoms. The topological polar surface area (TPSA) is 33.1 Å². The molecule has 1 atom stereocenters. The van der Waals surface area contributed by atoms with Crippen molar-refractivity contribution in [2.24, 2.45) is 0 Å². The van der Waals surface area contributed by atoms with Crippen molar-refractivity contribution in [1.82, 2.24) is 20.0 Å².